The SMILES string of the molecule is CCCCN(CCCC)C(=O)CN1CC(c2cc3c(c(C4CCC4)c2)OCO3)CC1CCc1cccn1C. The zero-order chi connectivity index (χ0) is 26.5. The number of unbranched alkanes of at least 4 members (excludes halogenated alkanes) is 2. The second-order valence-corrected chi connectivity index (χ2v) is 11.7. The van der Waals surface area contributed by atoms with E-state index in [-0.39, 0.29) is 0 Å². The summed E-state index contributed by atoms with van der Waals surface area (Å²) >= 11 is 0. The lowest BCUT2D eigenvalue weighted by molar-refractivity contribution is -0.132. The van der Waals surface area contributed by atoms with E-state index in [0.717, 1.165) is 76.1 Å². The fraction of sp³-hybridized carbons (Fsp3) is 0.656. The number of benzene rings is 1. The molecule has 2 aliphatic heterocycles. The zero-order valence-corrected chi connectivity index (χ0v) is 23.8. The van der Waals surface area contributed by atoms with Crippen molar-refractivity contribution in [3.05, 3.63) is 47.3 Å². The van der Waals surface area contributed by atoms with E-state index in [9.17, 15) is 4.79 Å². The molecule has 2 aromatic rings. The number of amides is 1. The van der Waals surface area contributed by atoms with Crippen LogP contribution in [-0.4, -0.2) is 59.3 Å². The largest absolute Gasteiger partial charge is 0.454 e. The standard InChI is InChI=1S/C32H47N3O3/c1-4-6-16-34(17-7-5-2)31(36)22-35-21-26(18-28(35)14-13-27-12-9-15-33(27)3)25-19-29(24-10-8-11-24)32-30(20-25)37-23-38-32/h9,12,15,19-20,24,26,28H,4-8,10-11,13-14,16-18,21-23H2,1-3H3. The fourth-order valence-corrected chi connectivity index (χ4v) is 6.44. The van der Waals surface area contributed by atoms with Crippen molar-refractivity contribution in [2.45, 2.75) is 95.9 Å². The summed E-state index contributed by atoms with van der Waals surface area (Å²) in [7, 11) is 2.13. The molecule has 1 amide bonds. The van der Waals surface area contributed by atoms with Crippen molar-refractivity contribution >= 4 is 5.91 Å². The summed E-state index contributed by atoms with van der Waals surface area (Å²) in [6.07, 6.45) is 13.5. The molecule has 1 aromatic heterocycles. The van der Waals surface area contributed by atoms with Crippen LogP contribution in [0.4, 0.5) is 0 Å². The van der Waals surface area contributed by atoms with Crippen LogP contribution in [0.2, 0.25) is 0 Å². The van der Waals surface area contributed by atoms with Gasteiger partial charge in [0, 0.05) is 50.2 Å². The third-order valence-electron chi connectivity index (χ3n) is 9.11. The third kappa shape index (κ3) is 6.06. The summed E-state index contributed by atoms with van der Waals surface area (Å²) in [5.74, 6) is 3.21. The molecule has 6 nitrogen and oxygen atoms in total. The van der Waals surface area contributed by atoms with Crippen LogP contribution < -0.4 is 9.47 Å². The average Bonchev–Trinajstić information content (AvgIpc) is 3.61. The number of ether oxygens (including phenoxy) is 2. The molecule has 0 N–H and O–H groups in total. The summed E-state index contributed by atoms with van der Waals surface area (Å²) in [5.41, 5.74) is 4.08. The number of likely N-dealkylation sites (tertiary alicyclic amines) is 1. The number of fused-ring (bicyclic) bond motifs is 1. The maximum atomic E-state index is 13.6. The van der Waals surface area contributed by atoms with Gasteiger partial charge in [0.1, 0.15) is 0 Å². The van der Waals surface area contributed by atoms with E-state index in [1.807, 2.05) is 0 Å². The molecular formula is C32H47N3O3. The van der Waals surface area contributed by atoms with Crippen molar-refractivity contribution in [2.24, 2.45) is 7.05 Å². The molecule has 1 saturated heterocycles. The molecular weight excluding hydrogens is 474 g/mol. The van der Waals surface area contributed by atoms with E-state index >= 15 is 0 Å². The molecule has 3 heterocycles. The van der Waals surface area contributed by atoms with Crippen molar-refractivity contribution in [3.63, 3.8) is 0 Å². The molecule has 1 saturated carbocycles. The summed E-state index contributed by atoms with van der Waals surface area (Å²) in [6.45, 7) is 7.97. The van der Waals surface area contributed by atoms with E-state index in [0.29, 0.717) is 37.1 Å². The Kier molecular flexibility index (Phi) is 8.98. The highest BCUT2D eigenvalue weighted by atomic mass is 16.7. The molecule has 0 radical (unpaired) electrons. The molecule has 2 atom stereocenters. The van der Waals surface area contributed by atoms with Gasteiger partial charge in [-0.25, -0.2) is 0 Å². The maximum Gasteiger partial charge on any atom is 0.236 e. The van der Waals surface area contributed by atoms with Crippen LogP contribution in [0.5, 0.6) is 11.5 Å². The first-order valence-corrected chi connectivity index (χ1v) is 15.1. The van der Waals surface area contributed by atoms with Crippen molar-refractivity contribution in [3.8, 4) is 11.5 Å². The van der Waals surface area contributed by atoms with Crippen molar-refractivity contribution < 1.29 is 14.3 Å². The van der Waals surface area contributed by atoms with Gasteiger partial charge in [-0.1, -0.05) is 39.2 Å². The van der Waals surface area contributed by atoms with Crippen molar-refractivity contribution in [1.82, 2.24) is 14.4 Å². The van der Waals surface area contributed by atoms with Crippen molar-refractivity contribution in [2.75, 3.05) is 33.0 Å². The van der Waals surface area contributed by atoms with Gasteiger partial charge in [0.05, 0.1) is 6.54 Å². The van der Waals surface area contributed by atoms with Gasteiger partial charge in [-0.05, 0) is 80.5 Å². The van der Waals surface area contributed by atoms with Gasteiger partial charge in [0.25, 0.3) is 0 Å². The molecule has 38 heavy (non-hydrogen) atoms. The molecule has 3 aliphatic rings. The Morgan fingerprint density at radius 1 is 1.08 bits per heavy atom. The molecule has 2 unspecified atom stereocenters. The molecule has 0 spiro atoms. The summed E-state index contributed by atoms with van der Waals surface area (Å²) in [5, 5.41) is 0. The highest BCUT2D eigenvalue weighted by Gasteiger charge is 2.37. The van der Waals surface area contributed by atoms with Gasteiger partial charge in [-0.2, -0.15) is 0 Å². The lowest BCUT2D eigenvalue weighted by atomic mass is 9.78. The summed E-state index contributed by atoms with van der Waals surface area (Å²) < 4.78 is 14.0. The van der Waals surface area contributed by atoms with Gasteiger partial charge in [-0.3, -0.25) is 9.69 Å². The van der Waals surface area contributed by atoms with Gasteiger partial charge >= 0.3 is 0 Å². The number of aromatic nitrogens is 1. The molecule has 208 valence electrons. The van der Waals surface area contributed by atoms with Crippen LogP contribution in [0.15, 0.2) is 30.5 Å². The van der Waals surface area contributed by atoms with E-state index < -0.39 is 0 Å². The predicted octanol–water partition coefficient (Wildman–Crippen LogP) is 6.24. The number of hydrogen-bond acceptors (Lipinski definition) is 4. The topological polar surface area (TPSA) is 46.9 Å². The zero-order valence-electron chi connectivity index (χ0n) is 23.8. The van der Waals surface area contributed by atoms with Crippen LogP contribution in [0.3, 0.4) is 0 Å². The minimum absolute atomic E-state index is 0.303. The molecule has 2 fully saturated rings. The number of nitrogens with zero attached hydrogens (tertiary/aromatic N) is 3. The van der Waals surface area contributed by atoms with E-state index in [1.165, 1.54) is 36.1 Å². The number of carbonyl (C=O) groups excluding carboxylic acids is 1. The Hall–Kier alpha value is -2.47. The van der Waals surface area contributed by atoms with E-state index in [2.05, 4.69) is 65.7 Å². The van der Waals surface area contributed by atoms with E-state index in [1.54, 1.807) is 0 Å². The quantitative estimate of drug-likeness (QED) is 0.313. The minimum atomic E-state index is 0.303. The average molecular weight is 522 g/mol. The van der Waals surface area contributed by atoms with Gasteiger partial charge in [0.2, 0.25) is 12.7 Å². The van der Waals surface area contributed by atoms with Gasteiger partial charge in [0.15, 0.2) is 11.5 Å². The molecule has 1 aromatic carbocycles. The molecule has 0 bridgehead atoms. The Morgan fingerprint density at radius 2 is 1.87 bits per heavy atom. The van der Waals surface area contributed by atoms with Gasteiger partial charge in [-0.15, -0.1) is 0 Å². The number of carbonyl (C=O) groups is 1. The lowest BCUT2D eigenvalue weighted by Crippen LogP contribution is -2.43. The normalized spacial score (nSPS) is 21.1. The first-order valence-electron chi connectivity index (χ1n) is 15.1. The first kappa shape index (κ1) is 27.1. The smallest absolute Gasteiger partial charge is 0.236 e. The lowest BCUT2D eigenvalue weighted by Gasteiger charge is -2.29. The number of aryl methyl sites for hydroxylation is 2. The van der Waals surface area contributed by atoms with Gasteiger partial charge < -0.3 is 18.9 Å². The second kappa shape index (κ2) is 12.6. The van der Waals surface area contributed by atoms with Crippen LogP contribution in [0, 0.1) is 0 Å². The van der Waals surface area contributed by atoms with Crippen LogP contribution in [0.25, 0.3) is 0 Å². The Bertz CT molecular complexity index is 1070. The van der Waals surface area contributed by atoms with Crippen LogP contribution in [0.1, 0.15) is 100 Å². The summed E-state index contributed by atoms with van der Waals surface area (Å²) in [6, 6.07) is 9.39. The monoisotopic (exact) mass is 521 g/mol. The Morgan fingerprint density at radius 3 is 2.53 bits per heavy atom. The highest BCUT2D eigenvalue weighted by Crippen LogP contribution is 2.49. The molecule has 5 rings (SSSR count). The number of hydrogen-bond donors (Lipinski definition) is 0. The maximum absolute atomic E-state index is 13.6. The minimum Gasteiger partial charge on any atom is -0.454 e. The summed E-state index contributed by atoms with van der Waals surface area (Å²) in [4.78, 5) is 18.2. The first-order chi connectivity index (χ1) is 18.6. The third-order valence-corrected chi connectivity index (χ3v) is 9.11. The second-order valence-electron chi connectivity index (χ2n) is 11.7. The molecule has 6 heteroatoms. The Labute approximate surface area is 229 Å². The Balaban J connectivity index is 1.34. The highest BCUT2D eigenvalue weighted by molar-refractivity contribution is 5.78. The number of rotatable bonds is 13. The van der Waals surface area contributed by atoms with E-state index in [4.69, 9.17) is 9.47 Å². The van der Waals surface area contributed by atoms with Crippen LogP contribution >= 0.6 is 0 Å². The molecule has 1 aliphatic carbocycles. The van der Waals surface area contributed by atoms with Crippen molar-refractivity contribution in [1.29, 1.82) is 0 Å². The van der Waals surface area contributed by atoms with Crippen LogP contribution in [-0.2, 0) is 18.3 Å². The predicted molar refractivity (Wildman–Crippen MR) is 152 cm³/mol. The fourth-order valence-electron chi connectivity index (χ4n) is 6.44.